The zero-order valence-corrected chi connectivity index (χ0v) is 9.77. The summed E-state index contributed by atoms with van der Waals surface area (Å²) in [6.07, 6.45) is 0. The molecule has 0 heterocycles. The van der Waals surface area contributed by atoms with E-state index in [-0.39, 0.29) is 5.92 Å². The minimum Gasteiger partial charge on any atom is -0.481 e. The standard InChI is InChI=1S/C7H5ClO2.C4H8O2/c8-7(9)10-6-4-2-1-3-5-6;1-3(2)4(5)6/h1-5H;3H,1-2H3,(H,5,6). The molecule has 0 aliphatic rings. The molecule has 0 radical (unpaired) electrons. The fraction of sp³-hybridized carbons (Fsp3) is 0.273. The van der Waals surface area contributed by atoms with Gasteiger partial charge in [0, 0.05) is 11.6 Å². The van der Waals surface area contributed by atoms with Crippen LogP contribution < -0.4 is 4.74 Å². The third-order valence-corrected chi connectivity index (χ3v) is 1.51. The van der Waals surface area contributed by atoms with Crippen molar-refractivity contribution in [1.82, 2.24) is 0 Å². The van der Waals surface area contributed by atoms with Crippen LogP contribution in [0.25, 0.3) is 0 Å². The molecule has 0 amide bonds. The van der Waals surface area contributed by atoms with Crippen molar-refractivity contribution in [2.45, 2.75) is 13.8 Å². The first-order valence-electron chi connectivity index (χ1n) is 4.58. The van der Waals surface area contributed by atoms with Crippen molar-refractivity contribution >= 4 is 23.0 Å². The van der Waals surface area contributed by atoms with E-state index in [2.05, 4.69) is 4.74 Å². The van der Waals surface area contributed by atoms with Crippen LogP contribution in [-0.2, 0) is 4.79 Å². The highest BCUT2D eigenvalue weighted by Gasteiger charge is 1.99. The van der Waals surface area contributed by atoms with Gasteiger partial charge in [-0.15, -0.1) is 0 Å². The number of rotatable bonds is 2. The lowest BCUT2D eigenvalue weighted by Gasteiger charge is -1.95. The average Bonchev–Trinajstić information content (AvgIpc) is 2.19. The zero-order valence-electron chi connectivity index (χ0n) is 9.01. The number of halogens is 1. The molecule has 0 bridgehead atoms. The summed E-state index contributed by atoms with van der Waals surface area (Å²) in [6.45, 7) is 3.28. The summed E-state index contributed by atoms with van der Waals surface area (Å²) in [5, 5.41) is 7.99. The Morgan fingerprint density at radius 1 is 1.25 bits per heavy atom. The number of hydrogen-bond acceptors (Lipinski definition) is 3. The van der Waals surface area contributed by atoms with E-state index in [1.807, 2.05) is 6.07 Å². The zero-order chi connectivity index (χ0) is 12.6. The van der Waals surface area contributed by atoms with Crippen molar-refractivity contribution in [3.05, 3.63) is 30.3 Å². The third-order valence-electron chi connectivity index (χ3n) is 1.44. The molecule has 0 atom stereocenters. The Hall–Kier alpha value is -1.55. The van der Waals surface area contributed by atoms with Gasteiger partial charge in [-0.25, -0.2) is 4.79 Å². The van der Waals surface area contributed by atoms with Gasteiger partial charge in [0.2, 0.25) is 0 Å². The van der Waals surface area contributed by atoms with Crippen LogP contribution in [0, 0.1) is 5.92 Å². The van der Waals surface area contributed by atoms with Gasteiger partial charge in [-0.2, -0.15) is 0 Å². The summed E-state index contributed by atoms with van der Waals surface area (Å²) in [4.78, 5) is 19.9. The van der Waals surface area contributed by atoms with E-state index >= 15 is 0 Å². The molecule has 16 heavy (non-hydrogen) atoms. The van der Waals surface area contributed by atoms with Crippen LogP contribution in [-0.4, -0.2) is 16.5 Å². The molecule has 0 aliphatic heterocycles. The maximum absolute atomic E-state index is 10.2. The van der Waals surface area contributed by atoms with E-state index in [0.717, 1.165) is 0 Å². The fourth-order valence-electron chi connectivity index (χ4n) is 0.581. The highest BCUT2D eigenvalue weighted by atomic mass is 35.5. The van der Waals surface area contributed by atoms with E-state index in [9.17, 15) is 9.59 Å². The van der Waals surface area contributed by atoms with Crippen LogP contribution in [0.5, 0.6) is 5.75 Å². The van der Waals surface area contributed by atoms with Crippen molar-refractivity contribution in [3.63, 3.8) is 0 Å². The van der Waals surface area contributed by atoms with Gasteiger partial charge in [0.05, 0.1) is 5.92 Å². The molecule has 1 aromatic rings. The third kappa shape index (κ3) is 7.82. The molecule has 1 aromatic carbocycles. The summed E-state index contributed by atoms with van der Waals surface area (Å²) in [6, 6.07) is 8.65. The number of benzene rings is 1. The molecule has 0 aliphatic carbocycles. The molecular weight excluding hydrogens is 232 g/mol. The highest BCUT2D eigenvalue weighted by molar-refractivity contribution is 6.61. The van der Waals surface area contributed by atoms with Crippen molar-refractivity contribution in [2.24, 2.45) is 5.92 Å². The largest absolute Gasteiger partial charge is 0.481 e. The molecule has 4 nitrogen and oxygen atoms in total. The van der Waals surface area contributed by atoms with E-state index < -0.39 is 11.4 Å². The molecule has 1 rings (SSSR count). The number of carboxylic acid groups (broad SMARTS) is 1. The Kier molecular flexibility index (Phi) is 6.96. The number of aliphatic carboxylic acids is 1. The molecule has 0 saturated heterocycles. The van der Waals surface area contributed by atoms with Crippen molar-refractivity contribution < 1.29 is 19.4 Å². The maximum atomic E-state index is 10.2. The van der Waals surface area contributed by atoms with Gasteiger partial charge in [0.25, 0.3) is 0 Å². The second-order valence-corrected chi connectivity index (χ2v) is 3.45. The molecule has 0 saturated carbocycles. The second kappa shape index (κ2) is 7.70. The predicted molar refractivity (Wildman–Crippen MR) is 60.8 cm³/mol. The Bertz CT molecular complexity index is 335. The number of ether oxygens (including phenoxy) is 1. The van der Waals surface area contributed by atoms with E-state index in [4.69, 9.17) is 16.7 Å². The van der Waals surface area contributed by atoms with E-state index in [1.165, 1.54) is 0 Å². The summed E-state index contributed by atoms with van der Waals surface area (Å²) >= 11 is 4.95. The van der Waals surface area contributed by atoms with E-state index in [0.29, 0.717) is 5.75 Å². The van der Waals surface area contributed by atoms with Crippen molar-refractivity contribution in [3.8, 4) is 5.75 Å². The quantitative estimate of drug-likeness (QED) is 0.812. The summed E-state index contributed by atoms with van der Waals surface area (Å²) < 4.78 is 4.54. The lowest BCUT2D eigenvalue weighted by atomic mass is 10.2. The molecule has 0 unspecified atom stereocenters. The Morgan fingerprint density at radius 2 is 1.69 bits per heavy atom. The maximum Gasteiger partial charge on any atom is 0.409 e. The number of hydrogen-bond donors (Lipinski definition) is 1. The monoisotopic (exact) mass is 244 g/mol. The topological polar surface area (TPSA) is 63.6 Å². The van der Waals surface area contributed by atoms with Crippen molar-refractivity contribution in [1.29, 1.82) is 0 Å². The number of para-hydroxylation sites is 1. The van der Waals surface area contributed by atoms with E-state index in [1.54, 1.807) is 38.1 Å². The predicted octanol–water partition coefficient (Wildman–Crippen LogP) is 3.15. The molecule has 88 valence electrons. The minimum atomic E-state index is -0.814. The first kappa shape index (κ1) is 14.5. The second-order valence-electron chi connectivity index (χ2n) is 3.15. The SMILES string of the molecule is CC(C)C(=O)O.O=C(Cl)Oc1ccccc1. The molecule has 0 spiro atoms. The van der Waals surface area contributed by atoms with Gasteiger partial charge >= 0.3 is 11.4 Å². The van der Waals surface area contributed by atoms with Gasteiger partial charge in [0.15, 0.2) is 0 Å². The first-order valence-corrected chi connectivity index (χ1v) is 4.96. The van der Waals surface area contributed by atoms with Crippen LogP contribution in [0.3, 0.4) is 0 Å². The van der Waals surface area contributed by atoms with Crippen LogP contribution >= 0.6 is 11.6 Å². The molecule has 0 fully saturated rings. The lowest BCUT2D eigenvalue weighted by molar-refractivity contribution is -0.140. The fourth-order valence-corrected chi connectivity index (χ4v) is 0.670. The highest BCUT2D eigenvalue weighted by Crippen LogP contribution is 2.09. The van der Waals surface area contributed by atoms with Gasteiger partial charge < -0.3 is 9.84 Å². The van der Waals surface area contributed by atoms with Gasteiger partial charge in [-0.05, 0) is 12.1 Å². The van der Waals surface area contributed by atoms with Gasteiger partial charge in [0.1, 0.15) is 5.75 Å². The van der Waals surface area contributed by atoms with Gasteiger partial charge in [-0.1, -0.05) is 32.0 Å². The summed E-state index contributed by atoms with van der Waals surface area (Å²) in [7, 11) is 0. The Balaban J connectivity index is 0.000000325. The molecule has 1 N–H and O–H groups in total. The lowest BCUT2D eigenvalue weighted by Crippen LogP contribution is -2.03. The Morgan fingerprint density at radius 3 is 2.00 bits per heavy atom. The number of carboxylic acids is 1. The Labute approximate surface area is 98.8 Å². The first-order chi connectivity index (χ1) is 7.43. The van der Waals surface area contributed by atoms with Crippen LogP contribution in [0.2, 0.25) is 0 Å². The normalized spacial score (nSPS) is 9.00. The molecular formula is C11H13ClO4. The summed E-state index contributed by atoms with van der Waals surface area (Å²) in [5.74, 6) is -0.512. The van der Waals surface area contributed by atoms with Crippen molar-refractivity contribution in [2.75, 3.05) is 0 Å². The van der Waals surface area contributed by atoms with Crippen LogP contribution in [0.15, 0.2) is 30.3 Å². The number of carbonyl (C=O) groups excluding carboxylic acids is 1. The molecule has 5 heteroatoms. The average molecular weight is 245 g/mol. The minimum absolute atomic E-state index is 0.231. The number of carbonyl (C=O) groups is 2. The smallest absolute Gasteiger partial charge is 0.409 e. The van der Waals surface area contributed by atoms with Gasteiger partial charge in [-0.3, -0.25) is 4.79 Å². The summed E-state index contributed by atoms with van der Waals surface area (Å²) in [5.41, 5.74) is -0.814. The van der Waals surface area contributed by atoms with Crippen LogP contribution in [0.4, 0.5) is 4.79 Å². The molecule has 0 aromatic heterocycles. The van der Waals surface area contributed by atoms with Crippen LogP contribution in [0.1, 0.15) is 13.8 Å².